The quantitative estimate of drug-likeness (QED) is 0.749. The summed E-state index contributed by atoms with van der Waals surface area (Å²) >= 11 is 6.83. The molecule has 0 bridgehead atoms. The van der Waals surface area contributed by atoms with E-state index in [0.29, 0.717) is 20.8 Å². The molecule has 3 rings (SSSR count). The number of hydrogen-bond acceptors (Lipinski definition) is 6. The Morgan fingerprint density at radius 2 is 2.19 bits per heavy atom. The Kier molecular flexibility index (Phi) is 3.68. The van der Waals surface area contributed by atoms with Crippen molar-refractivity contribution in [3.8, 4) is 0 Å². The third kappa shape index (κ3) is 2.79. The van der Waals surface area contributed by atoms with Crippen molar-refractivity contribution in [3.05, 3.63) is 56.4 Å². The number of pyridine rings is 1. The molecule has 0 saturated heterocycles. The fourth-order valence-electron chi connectivity index (χ4n) is 1.82. The van der Waals surface area contributed by atoms with Crippen LogP contribution in [0.2, 0.25) is 4.34 Å². The summed E-state index contributed by atoms with van der Waals surface area (Å²) < 4.78 is 9.08. The van der Waals surface area contributed by atoms with Crippen molar-refractivity contribution >= 4 is 39.9 Å². The summed E-state index contributed by atoms with van der Waals surface area (Å²) in [6.45, 7) is -0.0942. The lowest BCUT2D eigenvalue weighted by molar-refractivity contribution is 0.0461. The van der Waals surface area contributed by atoms with E-state index in [-0.39, 0.29) is 17.9 Å². The van der Waals surface area contributed by atoms with Crippen LogP contribution in [-0.2, 0) is 11.3 Å². The summed E-state index contributed by atoms with van der Waals surface area (Å²) in [6.07, 6.45) is 0. The lowest BCUT2D eigenvalue weighted by Gasteiger charge is -2.04. The molecule has 0 atom stereocenters. The smallest absolute Gasteiger partial charge is 0.355 e. The van der Waals surface area contributed by atoms with Gasteiger partial charge in [-0.1, -0.05) is 34.3 Å². The monoisotopic (exact) mass is 321 g/mol. The highest BCUT2D eigenvalue weighted by Crippen LogP contribution is 2.18. The van der Waals surface area contributed by atoms with Gasteiger partial charge >= 0.3 is 5.97 Å². The third-order valence-corrected chi connectivity index (χ3v) is 3.81. The molecule has 0 unspecified atom stereocenters. The number of carbonyl (C=O) groups is 1. The van der Waals surface area contributed by atoms with Gasteiger partial charge in [0, 0.05) is 16.9 Å². The summed E-state index contributed by atoms with van der Waals surface area (Å²) in [5.41, 5.74) is 0.129. The number of benzene rings is 1. The molecule has 0 fully saturated rings. The Balaban J connectivity index is 1.85. The molecule has 0 spiro atoms. The zero-order valence-electron chi connectivity index (χ0n) is 10.5. The first-order chi connectivity index (χ1) is 10.1. The number of aromatic amines is 1. The van der Waals surface area contributed by atoms with Gasteiger partial charge in [0.1, 0.15) is 22.3 Å². The number of carbonyl (C=O) groups excluding carboxylic acids is 1. The van der Waals surface area contributed by atoms with Crippen molar-refractivity contribution in [3.63, 3.8) is 0 Å². The number of esters is 1. The largest absolute Gasteiger partial charge is 0.454 e. The molecule has 0 aliphatic rings. The normalized spacial score (nSPS) is 10.7. The van der Waals surface area contributed by atoms with E-state index in [2.05, 4.69) is 14.6 Å². The molecule has 8 heteroatoms. The zero-order chi connectivity index (χ0) is 14.8. The van der Waals surface area contributed by atoms with Crippen LogP contribution in [0.3, 0.4) is 0 Å². The fraction of sp³-hybridized carbons (Fsp3) is 0.0769. The fourth-order valence-corrected chi connectivity index (χ4v) is 2.42. The molecule has 21 heavy (non-hydrogen) atoms. The zero-order valence-corrected chi connectivity index (χ0v) is 12.1. The Hall–Kier alpha value is -2.25. The van der Waals surface area contributed by atoms with Crippen LogP contribution in [0.4, 0.5) is 0 Å². The molecule has 0 amide bonds. The number of fused-ring (bicyclic) bond motifs is 1. The van der Waals surface area contributed by atoms with Gasteiger partial charge in [-0.3, -0.25) is 4.79 Å². The Labute approximate surface area is 127 Å². The standard InChI is InChI=1S/C13H8ClN3O3S/c14-11-10(16-17-21-11)6-20-13(19)9-5-7-3-1-2-4-8(7)12(18)15-9/h1-5H,6H2,(H,15,18). The van der Waals surface area contributed by atoms with E-state index in [1.165, 1.54) is 0 Å². The van der Waals surface area contributed by atoms with Crippen molar-refractivity contribution in [1.82, 2.24) is 14.6 Å². The molecule has 0 aliphatic heterocycles. The predicted molar refractivity (Wildman–Crippen MR) is 78.6 cm³/mol. The molecular weight excluding hydrogens is 314 g/mol. The van der Waals surface area contributed by atoms with Crippen molar-refractivity contribution in [2.75, 3.05) is 0 Å². The minimum atomic E-state index is -0.651. The SMILES string of the molecule is O=C(OCc1nnsc1Cl)c1cc2ccccc2c(=O)[nH]1. The second kappa shape index (κ2) is 5.63. The highest BCUT2D eigenvalue weighted by atomic mass is 35.5. The number of aromatic nitrogens is 3. The van der Waals surface area contributed by atoms with E-state index in [1.807, 2.05) is 0 Å². The number of rotatable bonds is 3. The molecule has 0 aliphatic carbocycles. The minimum absolute atomic E-state index is 0.0815. The van der Waals surface area contributed by atoms with Gasteiger partial charge < -0.3 is 9.72 Å². The van der Waals surface area contributed by atoms with Gasteiger partial charge in [-0.15, -0.1) is 5.10 Å². The first-order valence-corrected chi connectivity index (χ1v) is 7.06. The lowest BCUT2D eigenvalue weighted by Crippen LogP contribution is -2.15. The lowest BCUT2D eigenvalue weighted by atomic mass is 10.1. The van der Waals surface area contributed by atoms with Crippen molar-refractivity contribution < 1.29 is 9.53 Å². The predicted octanol–water partition coefficient (Wildman–Crippen LogP) is 2.39. The van der Waals surface area contributed by atoms with Gasteiger partial charge in [0.25, 0.3) is 5.56 Å². The van der Waals surface area contributed by atoms with Crippen LogP contribution in [0.25, 0.3) is 10.8 Å². The van der Waals surface area contributed by atoms with Crippen LogP contribution in [0.1, 0.15) is 16.2 Å². The molecule has 3 aromatic rings. The summed E-state index contributed by atoms with van der Waals surface area (Å²) in [6, 6.07) is 8.55. The van der Waals surface area contributed by atoms with E-state index in [0.717, 1.165) is 11.5 Å². The molecule has 106 valence electrons. The average molecular weight is 322 g/mol. The second-order valence-corrected chi connectivity index (χ2v) is 5.53. The summed E-state index contributed by atoms with van der Waals surface area (Å²) in [4.78, 5) is 26.4. The van der Waals surface area contributed by atoms with Crippen LogP contribution < -0.4 is 5.56 Å². The Bertz CT molecular complexity index is 874. The van der Waals surface area contributed by atoms with E-state index in [9.17, 15) is 9.59 Å². The van der Waals surface area contributed by atoms with Gasteiger partial charge in [-0.2, -0.15) is 0 Å². The number of hydrogen-bond donors (Lipinski definition) is 1. The highest BCUT2D eigenvalue weighted by molar-refractivity contribution is 7.10. The first-order valence-electron chi connectivity index (χ1n) is 5.91. The molecule has 6 nitrogen and oxygen atoms in total. The maximum Gasteiger partial charge on any atom is 0.355 e. The van der Waals surface area contributed by atoms with Crippen LogP contribution in [0.15, 0.2) is 35.1 Å². The van der Waals surface area contributed by atoms with Gasteiger partial charge in [0.2, 0.25) is 0 Å². The second-order valence-electron chi connectivity index (χ2n) is 4.17. The molecule has 1 aromatic carbocycles. The van der Waals surface area contributed by atoms with Gasteiger partial charge in [0.05, 0.1) is 0 Å². The van der Waals surface area contributed by atoms with E-state index < -0.39 is 5.97 Å². The van der Waals surface area contributed by atoms with Crippen LogP contribution >= 0.6 is 23.1 Å². The molecule has 1 N–H and O–H groups in total. The van der Waals surface area contributed by atoms with Crippen LogP contribution in [0.5, 0.6) is 0 Å². The van der Waals surface area contributed by atoms with Crippen molar-refractivity contribution in [1.29, 1.82) is 0 Å². The maximum atomic E-state index is 12.0. The van der Waals surface area contributed by atoms with Crippen LogP contribution in [-0.4, -0.2) is 20.5 Å². The molecule has 2 aromatic heterocycles. The Morgan fingerprint density at radius 3 is 2.95 bits per heavy atom. The first kappa shape index (κ1) is 13.7. The van der Waals surface area contributed by atoms with Crippen molar-refractivity contribution in [2.45, 2.75) is 6.61 Å². The summed E-state index contributed by atoms with van der Waals surface area (Å²) in [5.74, 6) is -0.651. The number of nitrogens with zero attached hydrogens (tertiary/aromatic N) is 2. The topological polar surface area (TPSA) is 84.9 Å². The van der Waals surface area contributed by atoms with E-state index in [4.69, 9.17) is 16.3 Å². The third-order valence-electron chi connectivity index (χ3n) is 2.82. The molecular formula is C13H8ClN3O3S. The number of H-pyrrole nitrogens is 1. The molecule has 0 saturated carbocycles. The minimum Gasteiger partial charge on any atom is -0.454 e. The van der Waals surface area contributed by atoms with Gasteiger partial charge in [-0.05, 0) is 17.5 Å². The average Bonchev–Trinajstić information content (AvgIpc) is 2.90. The van der Waals surface area contributed by atoms with E-state index >= 15 is 0 Å². The summed E-state index contributed by atoms with van der Waals surface area (Å²) in [7, 11) is 0. The number of halogens is 1. The molecule has 2 heterocycles. The van der Waals surface area contributed by atoms with E-state index in [1.54, 1.807) is 30.3 Å². The highest BCUT2D eigenvalue weighted by Gasteiger charge is 2.13. The number of ether oxygens (including phenoxy) is 1. The Morgan fingerprint density at radius 1 is 1.38 bits per heavy atom. The summed E-state index contributed by atoms with van der Waals surface area (Å²) in [5, 5.41) is 4.92. The molecule has 0 radical (unpaired) electrons. The van der Waals surface area contributed by atoms with Gasteiger partial charge in [-0.25, -0.2) is 4.79 Å². The van der Waals surface area contributed by atoms with Gasteiger partial charge in [0.15, 0.2) is 0 Å². The number of nitrogens with one attached hydrogen (secondary N) is 1. The van der Waals surface area contributed by atoms with Crippen molar-refractivity contribution in [2.24, 2.45) is 0 Å². The van der Waals surface area contributed by atoms with Crippen LogP contribution in [0, 0.1) is 0 Å². The maximum absolute atomic E-state index is 12.0.